The summed E-state index contributed by atoms with van der Waals surface area (Å²) in [4.78, 5) is 19.4. The Labute approximate surface area is 170 Å². The molecule has 3 aliphatic rings. The van der Waals surface area contributed by atoms with Crippen molar-refractivity contribution in [1.82, 2.24) is 9.88 Å². The van der Waals surface area contributed by atoms with E-state index in [9.17, 15) is 4.79 Å². The first kappa shape index (κ1) is 18.1. The van der Waals surface area contributed by atoms with E-state index in [0.29, 0.717) is 5.92 Å². The largest absolute Gasteiger partial charge is 0.444 e. The molecule has 3 aromatic rings. The van der Waals surface area contributed by atoms with Crippen LogP contribution in [0.1, 0.15) is 18.4 Å². The fourth-order valence-electron chi connectivity index (χ4n) is 4.82. The molecule has 0 unspecified atom stereocenters. The molecule has 3 saturated heterocycles. The van der Waals surface area contributed by atoms with Crippen LogP contribution < -0.4 is 5.32 Å². The molecule has 0 spiro atoms. The summed E-state index contributed by atoms with van der Waals surface area (Å²) in [7, 11) is 0. The highest BCUT2D eigenvalue weighted by atomic mass is 16.6. The summed E-state index contributed by atoms with van der Waals surface area (Å²) in [5.41, 5.74) is 1.95. The summed E-state index contributed by atoms with van der Waals surface area (Å²) in [6.45, 7) is 2.17. The van der Waals surface area contributed by atoms with Gasteiger partial charge in [-0.15, -0.1) is 0 Å². The Morgan fingerprint density at radius 1 is 1.07 bits per heavy atom. The van der Waals surface area contributed by atoms with Crippen LogP contribution in [0.3, 0.4) is 0 Å². The molecule has 5 nitrogen and oxygen atoms in total. The molecule has 148 valence electrons. The zero-order valence-electron chi connectivity index (χ0n) is 16.3. The molecule has 0 aliphatic carbocycles. The van der Waals surface area contributed by atoms with E-state index < -0.39 is 0 Å². The van der Waals surface area contributed by atoms with E-state index in [1.54, 1.807) is 6.20 Å². The summed E-state index contributed by atoms with van der Waals surface area (Å²) >= 11 is 0. The topological polar surface area (TPSA) is 54.5 Å². The third-order valence-electron chi connectivity index (χ3n) is 6.29. The Morgan fingerprint density at radius 3 is 2.69 bits per heavy atom. The highest BCUT2D eigenvalue weighted by molar-refractivity contribution is 5.91. The minimum absolute atomic E-state index is 0.0850. The van der Waals surface area contributed by atoms with Crippen molar-refractivity contribution in [3.05, 3.63) is 72.6 Å². The van der Waals surface area contributed by atoms with Crippen LogP contribution in [-0.2, 0) is 11.2 Å². The van der Waals surface area contributed by atoms with Crippen molar-refractivity contribution < 1.29 is 9.53 Å². The van der Waals surface area contributed by atoms with E-state index in [1.165, 1.54) is 5.56 Å². The fourth-order valence-corrected chi connectivity index (χ4v) is 4.82. The molecule has 3 aliphatic heterocycles. The first-order valence-electron chi connectivity index (χ1n) is 10.4. The maximum Gasteiger partial charge on any atom is 0.411 e. The smallest absolute Gasteiger partial charge is 0.411 e. The van der Waals surface area contributed by atoms with Crippen LogP contribution in [0.4, 0.5) is 10.5 Å². The number of aromatic nitrogens is 1. The van der Waals surface area contributed by atoms with Crippen molar-refractivity contribution in [3.8, 4) is 0 Å². The van der Waals surface area contributed by atoms with Crippen molar-refractivity contribution in [2.45, 2.75) is 31.4 Å². The average Bonchev–Trinajstić information content (AvgIpc) is 2.77. The molecule has 2 bridgehead atoms. The number of amides is 1. The summed E-state index contributed by atoms with van der Waals surface area (Å²) in [6, 6.07) is 18.3. The monoisotopic (exact) mass is 387 g/mol. The Kier molecular flexibility index (Phi) is 4.90. The number of carbonyl (C=O) groups is 1. The number of nitrogens with one attached hydrogen (secondary N) is 1. The summed E-state index contributed by atoms with van der Waals surface area (Å²) in [6.07, 6.45) is 6.30. The van der Waals surface area contributed by atoms with Gasteiger partial charge in [0.05, 0.1) is 6.04 Å². The quantitative estimate of drug-likeness (QED) is 0.717. The summed E-state index contributed by atoms with van der Waals surface area (Å²) < 4.78 is 6.01. The van der Waals surface area contributed by atoms with E-state index in [-0.39, 0.29) is 18.2 Å². The van der Waals surface area contributed by atoms with Crippen LogP contribution in [0.2, 0.25) is 0 Å². The molecule has 5 heteroatoms. The van der Waals surface area contributed by atoms with Gasteiger partial charge >= 0.3 is 6.09 Å². The SMILES string of the molecule is O=C(Nc1ccc2ccccc2c1)O[C@H]1C2CCN(CC2)[C@@H]1Cc1cccnc1. The maximum absolute atomic E-state index is 12.7. The van der Waals surface area contributed by atoms with Crippen LogP contribution in [0, 0.1) is 5.92 Å². The van der Waals surface area contributed by atoms with Gasteiger partial charge in [0.25, 0.3) is 0 Å². The Balaban J connectivity index is 1.30. The van der Waals surface area contributed by atoms with Crippen molar-refractivity contribution in [2.75, 3.05) is 18.4 Å². The molecule has 3 fully saturated rings. The van der Waals surface area contributed by atoms with Gasteiger partial charge < -0.3 is 4.74 Å². The number of benzene rings is 2. The van der Waals surface area contributed by atoms with E-state index in [4.69, 9.17) is 4.74 Å². The normalized spacial score (nSPS) is 25.7. The van der Waals surface area contributed by atoms with E-state index >= 15 is 0 Å². The zero-order valence-corrected chi connectivity index (χ0v) is 16.3. The Morgan fingerprint density at radius 2 is 1.90 bits per heavy atom. The minimum atomic E-state index is -0.366. The molecule has 1 N–H and O–H groups in total. The third-order valence-corrected chi connectivity index (χ3v) is 6.29. The second-order valence-corrected chi connectivity index (χ2v) is 8.06. The first-order chi connectivity index (χ1) is 14.3. The average molecular weight is 387 g/mol. The number of piperidine rings is 3. The van der Waals surface area contributed by atoms with Gasteiger partial charge in [-0.3, -0.25) is 15.2 Å². The number of rotatable bonds is 4. The van der Waals surface area contributed by atoms with E-state index in [2.05, 4.69) is 27.3 Å². The number of pyridine rings is 1. The van der Waals surface area contributed by atoms with Gasteiger partial charge in [-0.1, -0.05) is 36.4 Å². The second kappa shape index (κ2) is 7.84. The number of anilines is 1. The van der Waals surface area contributed by atoms with Crippen molar-refractivity contribution in [3.63, 3.8) is 0 Å². The number of carbonyl (C=O) groups excluding carboxylic acids is 1. The van der Waals surface area contributed by atoms with E-state index in [0.717, 1.165) is 48.8 Å². The molecule has 0 saturated carbocycles. The predicted molar refractivity (Wildman–Crippen MR) is 114 cm³/mol. The van der Waals surface area contributed by atoms with Gasteiger partial charge in [0.1, 0.15) is 6.10 Å². The fraction of sp³-hybridized carbons (Fsp3) is 0.333. The highest BCUT2D eigenvalue weighted by Crippen LogP contribution is 2.36. The lowest BCUT2D eigenvalue weighted by atomic mass is 9.78. The Hall–Kier alpha value is -2.92. The molecule has 29 heavy (non-hydrogen) atoms. The molecule has 6 rings (SSSR count). The van der Waals surface area contributed by atoms with Gasteiger partial charge in [-0.2, -0.15) is 0 Å². The lowest BCUT2D eigenvalue weighted by Crippen LogP contribution is -2.60. The number of ether oxygens (including phenoxy) is 1. The molecule has 1 aromatic heterocycles. The molecule has 0 radical (unpaired) electrons. The van der Waals surface area contributed by atoms with Gasteiger partial charge in [0.15, 0.2) is 0 Å². The van der Waals surface area contributed by atoms with E-state index in [1.807, 2.05) is 48.7 Å². The lowest BCUT2D eigenvalue weighted by Gasteiger charge is -2.50. The van der Waals surface area contributed by atoms with Crippen LogP contribution in [0.5, 0.6) is 0 Å². The molecule has 4 heterocycles. The maximum atomic E-state index is 12.7. The van der Waals surface area contributed by atoms with Crippen LogP contribution in [-0.4, -0.2) is 41.2 Å². The molecule has 1 amide bonds. The minimum Gasteiger partial charge on any atom is -0.444 e. The molecule has 2 aromatic carbocycles. The van der Waals surface area contributed by atoms with Crippen LogP contribution in [0.15, 0.2) is 67.0 Å². The number of fused-ring (bicyclic) bond motifs is 4. The van der Waals surface area contributed by atoms with Gasteiger partial charge in [0, 0.05) is 24.0 Å². The molecule has 2 atom stereocenters. The second-order valence-electron chi connectivity index (χ2n) is 8.06. The number of nitrogens with zero attached hydrogens (tertiary/aromatic N) is 2. The highest BCUT2D eigenvalue weighted by Gasteiger charge is 2.44. The van der Waals surface area contributed by atoms with Crippen LogP contribution >= 0.6 is 0 Å². The molecular formula is C24H25N3O2. The number of hydrogen-bond acceptors (Lipinski definition) is 4. The van der Waals surface area contributed by atoms with Gasteiger partial charge in [-0.05, 0) is 66.9 Å². The standard InChI is InChI=1S/C24H25N3O2/c28-24(26-21-8-7-18-5-1-2-6-20(18)15-21)29-23-19-9-12-27(13-10-19)22(23)14-17-4-3-11-25-16-17/h1-8,11,15-16,19,22-23H,9-10,12-14H2,(H,26,28)/t22-,23+/m1/s1. The summed E-state index contributed by atoms with van der Waals surface area (Å²) in [5.74, 6) is 0.434. The molecular weight excluding hydrogens is 362 g/mol. The zero-order chi connectivity index (χ0) is 19.6. The van der Waals surface area contributed by atoms with Crippen molar-refractivity contribution in [1.29, 1.82) is 0 Å². The summed E-state index contributed by atoms with van der Waals surface area (Å²) in [5, 5.41) is 5.19. The van der Waals surface area contributed by atoms with Gasteiger partial charge in [-0.25, -0.2) is 4.79 Å². The first-order valence-corrected chi connectivity index (χ1v) is 10.4. The lowest BCUT2D eigenvalue weighted by molar-refractivity contribution is -0.0741. The van der Waals surface area contributed by atoms with Crippen molar-refractivity contribution >= 4 is 22.6 Å². The van der Waals surface area contributed by atoms with Gasteiger partial charge in [0.2, 0.25) is 0 Å². The third kappa shape index (κ3) is 3.83. The number of hydrogen-bond donors (Lipinski definition) is 1. The van der Waals surface area contributed by atoms with Crippen molar-refractivity contribution in [2.24, 2.45) is 5.92 Å². The van der Waals surface area contributed by atoms with Crippen LogP contribution in [0.25, 0.3) is 10.8 Å². The predicted octanol–water partition coefficient (Wildman–Crippen LogP) is 4.49. The Bertz CT molecular complexity index is 999.